The lowest BCUT2D eigenvalue weighted by Crippen LogP contribution is -2.32. The van der Waals surface area contributed by atoms with E-state index in [1.54, 1.807) is 44.4 Å². The maximum Gasteiger partial charge on any atom is 0.407 e. The Kier molecular flexibility index (Phi) is 7.52. The summed E-state index contributed by atoms with van der Waals surface area (Å²) in [6, 6.07) is 1.50. The number of rotatable bonds is 8. The van der Waals surface area contributed by atoms with E-state index >= 15 is 0 Å². The van der Waals surface area contributed by atoms with Gasteiger partial charge in [-0.2, -0.15) is 0 Å². The SMILES string of the molecule is CCc1nc(C)oc1C(=O)Nc1nc2cc(C(N)=O)cnc2n1C/C=C/CNC(=O)OC(C)(C)C. The standard InChI is InChI=1S/C23H29N7O5/c1-6-15-17(34-13(2)27-15)20(32)29-21-28-16-11-14(18(24)31)12-26-19(16)30(21)10-8-7-9-25-22(33)35-23(3,4)5/h7-8,11-12H,6,9-10H2,1-5H3,(H2,24,31)(H,25,33)(H,28,29,32)/b8-7+. The lowest BCUT2D eigenvalue weighted by atomic mass is 10.2. The first-order valence-electron chi connectivity index (χ1n) is 11.0. The predicted octanol–water partition coefficient (Wildman–Crippen LogP) is 2.72. The maximum absolute atomic E-state index is 12.9. The van der Waals surface area contributed by atoms with Gasteiger partial charge in [0.05, 0.1) is 11.3 Å². The smallest absolute Gasteiger partial charge is 0.407 e. The van der Waals surface area contributed by atoms with Crippen LogP contribution in [0.25, 0.3) is 11.2 Å². The number of nitrogens with one attached hydrogen (secondary N) is 2. The number of pyridine rings is 1. The van der Waals surface area contributed by atoms with Gasteiger partial charge in [0.25, 0.3) is 5.91 Å². The van der Waals surface area contributed by atoms with Crippen LogP contribution in [0.2, 0.25) is 0 Å². The third-order valence-corrected chi connectivity index (χ3v) is 4.66. The van der Waals surface area contributed by atoms with Crippen molar-refractivity contribution in [3.63, 3.8) is 0 Å². The fourth-order valence-corrected chi connectivity index (χ4v) is 3.18. The average molecular weight is 484 g/mol. The number of nitrogens with two attached hydrogens (primary N) is 1. The first kappa shape index (κ1) is 25.4. The van der Waals surface area contributed by atoms with E-state index in [1.807, 2.05) is 6.92 Å². The molecule has 3 amide bonds. The van der Waals surface area contributed by atoms with Crippen molar-refractivity contribution in [3.05, 3.63) is 47.3 Å². The molecule has 0 saturated carbocycles. The average Bonchev–Trinajstić information content (AvgIpc) is 3.31. The Bertz CT molecular complexity index is 1280. The number of hydrogen-bond acceptors (Lipinski definition) is 8. The van der Waals surface area contributed by atoms with Crippen LogP contribution in [0.1, 0.15) is 60.2 Å². The van der Waals surface area contributed by atoms with Crippen LogP contribution in [0.15, 0.2) is 28.8 Å². The van der Waals surface area contributed by atoms with E-state index in [4.69, 9.17) is 14.9 Å². The Balaban J connectivity index is 1.83. The van der Waals surface area contributed by atoms with Gasteiger partial charge < -0.3 is 20.2 Å². The minimum atomic E-state index is -0.641. The molecule has 0 aliphatic carbocycles. The van der Waals surface area contributed by atoms with E-state index in [0.717, 1.165) is 0 Å². The molecule has 12 nitrogen and oxygen atoms in total. The highest BCUT2D eigenvalue weighted by Gasteiger charge is 2.21. The molecular weight excluding hydrogens is 454 g/mol. The van der Waals surface area contributed by atoms with E-state index < -0.39 is 23.5 Å². The van der Waals surface area contributed by atoms with Gasteiger partial charge in [-0.15, -0.1) is 0 Å². The molecule has 0 spiro atoms. The molecular formula is C23H29N7O5. The van der Waals surface area contributed by atoms with Gasteiger partial charge in [0, 0.05) is 26.2 Å². The number of allylic oxidation sites excluding steroid dienone is 1. The molecule has 186 valence electrons. The highest BCUT2D eigenvalue weighted by atomic mass is 16.6. The van der Waals surface area contributed by atoms with E-state index in [2.05, 4.69) is 25.6 Å². The third kappa shape index (κ3) is 6.43. The molecule has 0 aliphatic rings. The van der Waals surface area contributed by atoms with Gasteiger partial charge in [-0.3, -0.25) is 19.5 Å². The minimum Gasteiger partial charge on any atom is -0.444 e. The van der Waals surface area contributed by atoms with Crippen LogP contribution < -0.4 is 16.4 Å². The molecule has 0 radical (unpaired) electrons. The van der Waals surface area contributed by atoms with Crippen molar-refractivity contribution in [1.82, 2.24) is 24.8 Å². The van der Waals surface area contributed by atoms with E-state index in [9.17, 15) is 14.4 Å². The molecule has 35 heavy (non-hydrogen) atoms. The lowest BCUT2D eigenvalue weighted by molar-refractivity contribution is 0.0533. The van der Waals surface area contributed by atoms with Crippen LogP contribution in [0.3, 0.4) is 0 Å². The van der Waals surface area contributed by atoms with E-state index in [0.29, 0.717) is 29.2 Å². The summed E-state index contributed by atoms with van der Waals surface area (Å²) < 4.78 is 12.3. The maximum atomic E-state index is 12.9. The number of ether oxygens (including phenoxy) is 1. The number of primary amides is 1. The first-order chi connectivity index (χ1) is 16.5. The summed E-state index contributed by atoms with van der Waals surface area (Å²) in [5.41, 5.74) is 6.30. The molecule has 0 saturated heterocycles. The van der Waals surface area contributed by atoms with Gasteiger partial charge in [-0.25, -0.2) is 19.7 Å². The van der Waals surface area contributed by atoms with Crippen LogP contribution in [-0.4, -0.2) is 49.6 Å². The lowest BCUT2D eigenvalue weighted by Gasteiger charge is -2.19. The van der Waals surface area contributed by atoms with Crippen molar-refractivity contribution in [2.75, 3.05) is 11.9 Å². The van der Waals surface area contributed by atoms with Crippen molar-refractivity contribution < 1.29 is 23.5 Å². The van der Waals surface area contributed by atoms with Gasteiger partial charge in [0.2, 0.25) is 17.6 Å². The van der Waals surface area contributed by atoms with Crippen molar-refractivity contribution in [1.29, 1.82) is 0 Å². The van der Waals surface area contributed by atoms with Crippen LogP contribution in [-0.2, 0) is 17.7 Å². The summed E-state index contributed by atoms with van der Waals surface area (Å²) in [5.74, 6) is -0.470. The second-order valence-electron chi connectivity index (χ2n) is 8.65. The molecule has 4 N–H and O–H groups in total. The zero-order valence-corrected chi connectivity index (χ0v) is 20.3. The minimum absolute atomic E-state index is 0.103. The quantitative estimate of drug-likeness (QED) is 0.411. The van der Waals surface area contributed by atoms with Crippen molar-refractivity contribution in [3.8, 4) is 0 Å². The molecule has 3 aromatic rings. The summed E-state index contributed by atoms with van der Waals surface area (Å²) in [5, 5.41) is 5.37. The normalized spacial score (nSPS) is 11.7. The first-order valence-corrected chi connectivity index (χ1v) is 11.0. The van der Waals surface area contributed by atoms with Gasteiger partial charge in [-0.1, -0.05) is 19.1 Å². The van der Waals surface area contributed by atoms with Crippen LogP contribution >= 0.6 is 0 Å². The number of alkyl carbamates (subject to hydrolysis) is 1. The summed E-state index contributed by atoms with van der Waals surface area (Å²) in [7, 11) is 0. The number of carbonyl (C=O) groups is 3. The number of fused-ring (bicyclic) bond motifs is 1. The summed E-state index contributed by atoms with van der Waals surface area (Å²) in [6.45, 7) is 9.37. The number of nitrogens with zero attached hydrogens (tertiary/aromatic N) is 4. The molecule has 3 heterocycles. The number of aromatic nitrogens is 4. The topological polar surface area (TPSA) is 167 Å². The number of hydrogen-bond donors (Lipinski definition) is 3. The summed E-state index contributed by atoms with van der Waals surface area (Å²) in [6.07, 6.45) is 4.84. The molecule has 3 rings (SSSR count). The molecule has 12 heteroatoms. The predicted molar refractivity (Wildman–Crippen MR) is 128 cm³/mol. The molecule has 0 atom stereocenters. The van der Waals surface area contributed by atoms with Gasteiger partial charge in [0.15, 0.2) is 11.5 Å². The highest BCUT2D eigenvalue weighted by Crippen LogP contribution is 2.21. The number of aryl methyl sites for hydroxylation is 2. The summed E-state index contributed by atoms with van der Waals surface area (Å²) >= 11 is 0. The van der Waals surface area contributed by atoms with Gasteiger partial charge in [-0.05, 0) is 33.3 Å². The molecule has 3 aromatic heterocycles. The molecule has 0 aromatic carbocycles. The zero-order valence-electron chi connectivity index (χ0n) is 20.3. The second-order valence-corrected chi connectivity index (χ2v) is 8.65. The second kappa shape index (κ2) is 10.4. The Morgan fingerprint density at radius 2 is 1.97 bits per heavy atom. The van der Waals surface area contributed by atoms with Crippen LogP contribution in [0.4, 0.5) is 10.7 Å². The van der Waals surface area contributed by atoms with Gasteiger partial charge in [0.1, 0.15) is 11.1 Å². The zero-order chi connectivity index (χ0) is 25.8. The molecule has 0 aliphatic heterocycles. The monoisotopic (exact) mass is 483 g/mol. The van der Waals surface area contributed by atoms with E-state index in [1.165, 1.54) is 12.3 Å². The fraction of sp³-hybridized carbons (Fsp3) is 0.391. The Labute approximate surface area is 201 Å². The largest absolute Gasteiger partial charge is 0.444 e. The molecule has 0 fully saturated rings. The van der Waals surface area contributed by atoms with Crippen molar-refractivity contribution in [2.24, 2.45) is 5.73 Å². The number of imidazole rings is 1. The number of amides is 3. The number of carbonyl (C=O) groups excluding carboxylic acids is 3. The van der Waals surface area contributed by atoms with E-state index in [-0.39, 0.29) is 30.4 Å². The number of anilines is 1. The van der Waals surface area contributed by atoms with Crippen LogP contribution in [0, 0.1) is 6.92 Å². The third-order valence-electron chi connectivity index (χ3n) is 4.66. The molecule has 0 unspecified atom stereocenters. The van der Waals surface area contributed by atoms with Crippen molar-refractivity contribution >= 4 is 35.0 Å². The van der Waals surface area contributed by atoms with Crippen LogP contribution in [0.5, 0.6) is 0 Å². The fourth-order valence-electron chi connectivity index (χ4n) is 3.18. The van der Waals surface area contributed by atoms with Gasteiger partial charge >= 0.3 is 6.09 Å². The highest BCUT2D eigenvalue weighted by molar-refractivity contribution is 6.03. The Morgan fingerprint density at radius 3 is 2.63 bits per heavy atom. The Morgan fingerprint density at radius 1 is 1.23 bits per heavy atom. The Hall–Kier alpha value is -4.22. The van der Waals surface area contributed by atoms with Crippen molar-refractivity contribution in [2.45, 2.75) is 53.2 Å². The molecule has 0 bridgehead atoms. The summed E-state index contributed by atoms with van der Waals surface area (Å²) in [4.78, 5) is 49.2. The number of oxazole rings is 1.